The number of benzene rings is 1. The minimum absolute atomic E-state index is 0.0277. The lowest BCUT2D eigenvalue weighted by atomic mass is 10.1. The van der Waals surface area contributed by atoms with E-state index < -0.39 is 11.7 Å². The zero-order valence-electron chi connectivity index (χ0n) is 11.0. The van der Waals surface area contributed by atoms with E-state index in [-0.39, 0.29) is 29.3 Å². The lowest BCUT2D eigenvalue weighted by Crippen LogP contribution is -2.29. The minimum atomic E-state index is -0.737. The molecule has 0 unspecified atom stereocenters. The first-order valence-electron chi connectivity index (χ1n) is 6.06. The highest BCUT2D eigenvalue weighted by molar-refractivity contribution is 5.97. The lowest BCUT2D eigenvalue weighted by molar-refractivity contribution is -0.115. The summed E-state index contributed by atoms with van der Waals surface area (Å²) in [5.41, 5.74) is 5.66. The number of nitrogens with two attached hydrogens (primary N) is 1. The number of nitrogens with one attached hydrogen (secondary N) is 2. The molecule has 0 aliphatic carbocycles. The van der Waals surface area contributed by atoms with E-state index in [0.29, 0.717) is 0 Å². The van der Waals surface area contributed by atoms with E-state index >= 15 is 0 Å². The summed E-state index contributed by atoms with van der Waals surface area (Å²) < 4.78 is 13.6. The molecule has 0 aliphatic rings. The predicted octanol–water partition coefficient (Wildman–Crippen LogP) is 1.17. The number of primary amides is 1. The van der Waals surface area contributed by atoms with Gasteiger partial charge in [-0.1, -0.05) is 6.92 Å². The quantitative estimate of drug-likeness (QED) is 0.676. The molecule has 1 rings (SSSR count). The van der Waals surface area contributed by atoms with Crippen LogP contribution in [0.4, 0.5) is 10.1 Å². The summed E-state index contributed by atoms with van der Waals surface area (Å²) in [6.07, 6.45) is 0.915. The number of hydrogen-bond donors (Lipinski definition) is 3. The Bertz CT molecular complexity index is 489. The van der Waals surface area contributed by atoms with Gasteiger partial charge in [-0.3, -0.25) is 9.59 Å². The van der Waals surface area contributed by atoms with E-state index in [2.05, 4.69) is 10.6 Å². The lowest BCUT2D eigenvalue weighted by Gasteiger charge is -2.11. The fourth-order valence-corrected chi connectivity index (χ4v) is 1.52. The first-order chi connectivity index (χ1) is 8.95. The Labute approximate surface area is 111 Å². The fraction of sp³-hybridized carbons (Fsp3) is 0.385. The molecule has 0 aromatic heterocycles. The van der Waals surface area contributed by atoms with Crippen LogP contribution in [-0.2, 0) is 4.79 Å². The molecule has 0 fully saturated rings. The van der Waals surface area contributed by atoms with Gasteiger partial charge >= 0.3 is 0 Å². The zero-order valence-corrected chi connectivity index (χ0v) is 11.0. The first-order valence-corrected chi connectivity index (χ1v) is 6.06. The number of anilines is 1. The molecular formula is C13H18FN3O2. The highest BCUT2D eigenvalue weighted by Gasteiger charge is 2.12. The van der Waals surface area contributed by atoms with Crippen LogP contribution in [0.1, 0.15) is 29.3 Å². The van der Waals surface area contributed by atoms with Gasteiger partial charge < -0.3 is 16.4 Å². The molecule has 0 radical (unpaired) electrons. The second-order valence-electron chi connectivity index (χ2n) is 4.22. The van der Waals surface area contributed by atoms with Gasteiger partial charge in [-0.05, 0) is 32.0 Å². The molecule has 104 valence electrons. The Hall–Kier alpha value is -1.95. The van der Waals surface area contributed by atoms with Crippen molar-refractivity contribution in [3.05, 3.63) is 29.1 Å². The van der Waals surface area contributed by atoms with E-state index in [1.165, 1.54) is 13.0 Å². The van der Waals surface area contributed by atoms with Crippen LogP contribution in [-0.4, -0.2) is 24.9 Å². The maximum absolute atomic E-state index is 13.6. The third-order valence-electron chi connectivity index (χ3n) is 2.62. The molecule has 0 saturated heterocycles. The summed E-state index contributed by atoms with van der Waals surface area (Å²) in [5.74, 6) is -1.61. The summed E-state index contributed by atoms with van der Waals surface area (Å²) in [4.78, 5) is 22.7. The third-order valence-corrected chi connectivity index (χ3v) is 2.62. The van der Waals surface area contributed by atoms with Crippen LogP contribution in [0.25, 0.3) is 0 Å². The number of hydrogen-bond acceptors (Lipinski definition) is 3. The highest BCUT2D eigenvalue weighted by atomic mass is 19.1. The summed E-state index contributed by atoms with van der Waals surface area (Å²) in [6, 6.07) is 2.43. The Morgan fingerprint density at radius 2 is 2.05 bits per heavy atom. The summed E-state index contributed by atoms with van der Waals surface area (Å²) in [6.45, 7) is 4.37. The maximum Gasteiger partial charge on any atom is 0.248 e. The van der Waals surface area contributed by atoms with Gasteiger partial charge in [0.15, 0.2) is 0 Å². The van der Waals surface area contributed by atoms with Crippen LogP contribution in [0, 0.1) is 12.7 Å². The van der Waals surface area contributed by atoms with Gasteiger partial charge in [-0.25, -0.2) is 4.39 Å². The summed E-state index contributed by atoms with van der Waals surface area (Å²) >= 11 is 0. The molecule has 0 spiro atoms. The number of rotatable bonds is 6. The molecule has 2 amide bonds. The van der Waals surface area contributed by atoms with Gasteiger partial charge in [0, 0.05) is 16.8 Å². The monoisotopic (exact) mass is 267 g/mol. The Morgan fingerprint density at radius 1 is 1.37 bits per heavy atom. The molecule has 0 heterocycles. The molecule has 0 bridgehead atoms. The van der Waals surface area contributed by atoms with E-state index in [0.717, 1.165) is 19.0 Å². The molecule has 19 heavy (non-hydrogen) atoms. The molecule has 1 aromatic carbocycles. The van der Waals surface area contributed by atoms with Gasteiger partial charge in [-0.15, -0.1) is 0 Å². The molecule has 5 nitrogen and oxygen atoms in total. The van der Waals surface area contributed by atoms with Crippen molar-refractivity contribution in [1.82, 2.24) is 5.32 Å². The van der Waals surface area contributed by atoms with Crippen LogP contribution in [0.5, 0.6) is 0 Å². The van der Waals surface area contributed by atoms with Crippen molar-refractivity contribution in [3.8, 4) is 0 Å². The third kappa shape index (κ3) is 4.33. The molecule has 1 aromatic rings. The second kappa shape index (κ2) is 6.84. The highest BCUT2D eigenvalue weighted by Crippen LogP contribution is 2.20. The van der Waals surface area contributed by atoms with Crippen LogP contribution in [0.2, 0.25) is 0 Å². The van der Waals surface area contributed by atoms with Gasteiger partial charge in [0.2, 0.25) is 11.8 Å². The Balaban J connectivity index is 2.82. The van der Waals surface area contributed by atoms with Crippen molar-refractivity contribution in [2.45, 2.75) is 20.3 Å². The SMILES string of the molecule is CCCNCC(=O)Nc1cc(C(N)=O)cc(F)c1C. The Morgan fingerprint density at radius 3 is 2.63 bits per heavy atom. The molecule has 0 saturated carbocycles. The first kappa shape index (κ1) is 15.1. The van der Waals surface area contributed by atoms with Gasteiger partial charge in [0.25, 0.3) is 0 Å². The smallest absolute Gasteiger partial charge is 0.248 e. The van der Waals surface area contributed by atoms with E-state index in [1.54, 1.807) is 0 Å². The van der Waals surface area contributed by atoms with Crippen LogP contribution in [0.15, 0.2) is 12.1 Å². The Kier molecular flexibility index (Phi) is 5.44. The van der Waals surface area contributed by atoms with Crippen molar-refractivity contribution in [2.24, 2.45) is 5.73 Å². The standard InChI is InChI=1S/C13H18FN3O2/c1-3-4-16-7-12(18)17-11-6-9(13(15)19)5-10(14)8(11)2/h5-6,16H,3-4,7H2,1-2H3,(H2,15,19)(H,17,18). The zero-order chi connectivity index (χ0) is 14.4. The van der Waals surface area contributed by atoms with Crippen LogP contribution in [0.3, 0.4) is 0 Å². The van der Waals surface area contributed by atoms with Crippen molar-refractivity contribution in [2.75, 3.05) is 18.4 Å². The minimum Gasteiger partial charge on any atom is -0.366 e. The largest absolute Gasteiger partial charge is 0.366 e. The second-order valence-corrected chi connectivity index (χ2v) is 4.22. The van der Waals surface area contributed by atoms with Crippen molar-refractivity contribution >= 4 is 17.5 Å². The number of halogens is 1. The van der Waals surface area contributed by atoms with Crippen molar-refractivity contribution in [1.29, 1.82) is 0 Å². The number of carbonyl (C=O) groups excluding carboxylic acids is 2. The number of amides is 2. The predicted molar refractivity (Wildman–Crippen MR) is 71.4 cm³/mol. The van der Waals surface area contributed by atoms with Gasteiger partial charge in [-0.2, -0.15) is 0 Å². The molecule has 6 heteroatoms. The number of carbonyl (C=O) groups is 2. The van der Waals surface area contributed by atoms with Gasteiger partial charge in [0.05, 0.1) is 6.54 Å². The average molecular weight is 267 g/mol. The van der Waals surface area contributed by atoms with Crippen LogP contribution < -0.4 is 16.4 Å². The summed E-state index contributed by atoms with van der Waals surface area (Å²) in [5, 5.41) is 5.49. The van der Waals surface area contributed by atoms with Crippen LogP contribution >= 0.6 is 0 Å². The van der Waals surface area contributed by atoms with Crippen molar-refractivity contribution < 1.29 is 14.0 Å². The topological polar surface area (TPSA) is 84.2 Å². The van der Waals surface area contributed by atoms with E-state index in [1.807, 2.05) is 6.92 Å². The van der Waals surface area contributed by atoms with Crippen molar-refractivity contribution in [3.63, 3.8) is 0 Å². The maximum atomic E-state index is 13.6. The molecule has 4 N–H and O–H groups in total. The fourth-order valence-electron chi connectivity index (χ4n) is 1.52. The molecular weight excluding hydrogens is 249 g/mol. The van der Waals surface area contributed by atoms with E-state index in [9.17, 15) is 14.0 Å². The van der Waals surface area contributed by atoms with E-state index in [4.69, 9.17) is 5.73 Å². The molecule has 0 aliphatic heterocycles. The summed E-state index contributed by atoms with van der Waals surface area (Å²) in [7, 11) is 0. The van der Waals surface area contributed by atoms with Gasteiger partial charge in [0.1, 0.15) is 5.82 Å². The normalized spacial score (nSPS) is 10.3. The molecule has 0 atom stereocenters. The average Bonchev–Trinajstić information content (AvgIpc) is 2.34.